The summed E-state index contributed by atoms with van der Waals surface area (Å²) in [4.78, 5) is 8.79. The molecule has 3 nitrogen and oxygen atoms in total. The summed E-state index contributed by atoms with van der Waals surface area (Å²) < 4.78 is 204. The minimum absolute atomic E-state index is 0.279. The quantitative estimate of drug-likeness (QED) is 0.220. The van der Waals surface area contributed by atoms with E-state index in [2.05, 4.69) is 9.97 Å². The van der Waals surface area contributed by atoms with Crippen LogP contribution >= 0.6 is 0 Å². The number of nitrogens with zero attached hydrogens (tertiary/aromatic N) is 2. The Balaban J connectivity index is 1.51. The van der Waals surface area contributed by atoms with E-state index in [1.807, 2.05) is 0 Å². The summed E-state index contributed by atoms with van der Waals surface area (Å²) >= 11 is 0. The van der Waals surface area contributed by atoms with Crippen molar-refractivity contribution in [1.29, 1.82) is 0 Å². The van der Waals surface area contributed by atoms with Gasteiger partial charge in [-0.15, -0.1) is 0 Å². The van der Waals surface area contributed by atoms with Crippen molar-refractivity contribution in [2.24, 2.45) is 0 Å². The lowest BCUT2D eigenvalue weighted by Gasteiger charge is -2.21. The Morgan fingerprint density at radius 3 is 1.78 bits per heavy atom. The second-order valence-corrected chi connectivity index (χ2v) is 8.47. The lowest BCUT2D eigenvalue weighted by Crippen LogP contribution is -1.99. The van der Waals surface area contributed by atoms with Crippen LogP contribution in [0.15, 0.2) is 145 Å². The largest absolute Gasteiger partial charge is 0.456 e. The van der Waals surface area contributed by atoms with E-state index >= 15 is 0 Å². The Morgan fingerprint density at radius 2 is 1.05 bits per heavy atom. The van der Waals surface area contributed by atoms with Crippen LogP contribution in [0.1, 0.15) is 31.5 Å². The molecule has 2 heterocycles. The predicted molar refractivity (Wildman–Crippen MR) is 167 cm³/mol. The fourth-order valence-electron chi connectivity index (χ4n) is 4.20. The minimum atomic E-state index is -0.908. The van der Waals surface area contributed by atoms with E-state index in [-0.39, 0.29) is 16.3 Å². The van der Waals surface area contributed by atoms with Crippen LogP contribution in [0.25, 0.3) is 66.9 Å². The third kappa shape index (κ3) is 4.16. The third-order valence-electron chi connectivity index (χ3n) is 6.03. The summed E-state index contributed by atoms with van der Waals surface area (Å²) in [7, 11) is 0. The molecule has 0 bridgehead atoms. The van der Waals surface area contributed by atoms with E-state index in [0.717, 1.165) is 6.07 Å². The predicted octanol–water partition coefficient (Wildman–Crippen LogP) is 10.1. The van der Waals surface area contributed by atoms with Crippen LogP contribution in [0.3, 0.4) is 0 Å². The van der Waals surface area contributed by atoms with Gasteiger partial charge in [0.2, 0.25) is 0 Å². The van der Waals surface area contributed by atoms with Crippen molar-refractivity contribution < 1.29 is 36.3 Å². The Morgan fingerprint density at radius 1 is 0.463 bits per heavy atom. The first-order valence-corrected chi connectivity index (χ1v) is 11.9. The average Bonchev–Trinajstić information content (AvgIpc) is 3.26. The molecule has 192 valence electrons. The molecule has 3 heteroatoms. The van der Waals surface area contributed by atoms with Crippen LogP contribution in [0.5, 0.6) is 11.5 Å². The maximum Gasteiger partial charge on any atom is 0.160 e. The van der Waals surface area contributed by atoms with Crippen molar-refractivity contribution >= 4 is 10.8 Å². The van der Waals surface area contributed by atoms with Crippen LogP contribution in [0, 0.1) is 0 Å². The second kappa shape index (κ2) is 9.58. The molecule has 1 aliphatic rings. The monoisotopic (exact) mass is 547 g/mol. The SMILES string of the molecule is [2H]c1c([2H])c([2H])c(-c2cc(-c3c([2H])c([2H])c(-c4c([2H])c([2H])c([2H])c([2H])c4[2H])c([2H])c3[2H])nc(-c3c([2H])c([2H])c4c(c3[2H])-c3c([2H])c([2H])c([2H])c5c([2H])c([2H])c([2H])c(c35)O4)n2)c([2H])c1[2H]. The van der Waals surface area contributed by atoms with E-state index in [0.29, 0.717) is 0 Å². The number of aromatic nitrogens is 2. The third-order valence-corrected chi connectivity index (χ3v) is 6.03. The molecule has 1 aliphatic heterocycles. The Kier molecular flexibility index (Phi) is 2.30. The first kappa shape index (κ1) is 9.83. The molecular formula is C38H24N2O. The van der Waals surface area contributed by atoms with Gasteiger partial charge < -0.3 is 4.74 Å². The van der Waals surface area contributed by atoms with Gasteiger partial charge in [0, 0.05) is 27.6 Å². The van der Waals surface area contributed by atoms with Gasteiger partial charge in [-0.2, -0.15) is 0 Å². The van der Waals surface area contributed by atoms with Crippen molar-refractivity contribution in [1.82, 2.24) is 9.97 Å². The van der Waals surface area contributed by atoms with E-state index in [1.165, 1.54) is 0 Å². The van der Waals surface area contributed by atoms with Gasteiger partial charge in [-0.25, -0.2) is 9.97 Å². The highest BCUT2D eigenvalue weighted by atomic mass is 16.5. The number of ether oxygens (including phenoxy) is 1. The van der Waals surface area contributed by atoms with Crippen LogP contribution in [0.2, 0.25) is 0 Å². The lowest BCUT2D eigenvalue weighted by atomic mass is 9.93. The minimum Gasteiger partial charge on any atom is -0.456 e. The smallest absolute Gasteiger partial charge is 0.160 e. The van der Waals surface area contributed by atoms with Crippen LogP contribution in [-0.4, -0.2) is 9.97 Å². The highest BCUT2D eigenvalue weighted by molar-refractivity contribution is 6.04. The van der Waals surface area contributed by atoms with Gasteiger partial charge in [0.15, 0.2) is 5.82 Å². The van der Waals surface area contributed by atoms with E-state index in [4.69, 9.17) is 34.9 Å². The van der Waals surface area contributed by atoms with Crippen molar-refractivity contribution in [3.8, 4) is 67.7 Å². The summed E-state index contributed by atoms with van der Waals surface area (Å²) in [6, 6.07) is -17.5. The molecule has 0 saturated heterocycles. The molecule has 0 atom stereocenters. The molecule has 0 saturated carbocycles. The zero-order chi connectivity index (χ0) is 47.2. The standard InChI is InChI=1S/C38H24N2O/c1-3-9-25(10-4-1)26-17-19-28(20-18-26)34-24-33(27-11-5-2-6-12-27)39-38(40-34)30-21-22-35-32(23-30)31-15-7-13-29-14-8-16-36(41-35)37(29)31/h1-24H/i1D,2D,3D,4D,5D,6D,7D,8D,9D,10D,11D,12D,13D,14D,15D,16D,17D,18D,19D,20D,21D,22D,23D. The molecule has 6 aromatic carbocycles. The van der Waals surface area contributed by atoms with Gasteiger partial charge in [0.1, 0.15) is 11.5 Å². The maximum absolute atomic E-state index is 9.51. The maximum atomic E-state index is 9.51. The first-order chi connectivity index (χ1) is 29.9. The van der Waals surface area contributed by atoms with Crippen LogP contribution in [-0.2, 0) is 0 Å². The fraction of sp³-hybridized carbons (Fsp3) is 0. The molecule has 8 rings (SSSR count). The zero-order valence-corrected chi connectivity index (χ0v) is 20.4. The summed E-state index contributed by atoms with van der Waals surface area (Å²) in [5, 5.41) is -0.657. The van der Waals surface area contributed by atoms with Gasteiger partial charge in [-0.05, 0) is 52.3 Å². The summed E-state index contributed by atoms with van der Waals surface area (Å²) in [5.41, 5.74) is -5.18. The molecule has 0 unspecified atom stereocenters. The highest BCUT2D eigenvalue weighted by Gasteiger charge is 2.21. The molecule has 41 heavy (non-hydrogen) atoms. The lowest BCUT2D eigenvalue weighted by molar-refractivity contribution is 0.487. The van der Waals surface area contributed by atoms with Crippen LogP contribution in [0.4, 0.5) is 0 Å². The zero-order valence-electron chi connectivity index (χ0n) is 43.4. The molecule has 0 radical (unpaired) electrons. The summed E-state index contributed by atoms with van der Waals surface area (Å²) in [5.74, 6) is -1.80. The summed E-state index contributed by atoms with van der Waals surface area (Å²) in [6.07, 6.45) is 0. The number of benzene rings is 6. The number of rotatable bonds is 4. The second-order valence-electron chi connectivity index (χ2n) is 8.47. The van der Waals surface area contributed by atoms with Crippen molar-refractivity contribution in [2.75, 3.05) is 0 Å². The molecular weight excluding hydrogens is 500 g/mol. The van der Waals surface area contributed by atoms with Crippen LogP contribution < -0.4 is 4.74 Å². The summed E-state index contributed by atoms with van der Waals surface area (Å²) in [6.45, 7) is 0. The molecule has 0 aliphatic carbocycles. The van der Waals surface area contributed by atoms with Gasteiger partial charge >= 0.3 is 0 Å². The van der Waals surface area contributed by atoms with E-state index < -0.39 is 201 Å². The van der Waals surface area contributed by atoms with Gasteiger partial charge in [-0.3, -0.25) is 0 Å². The topological polar surface area (TPSA) is 35.0 Å². The molecule has 1 aromatic heterocycles. The Labute approximate surface area is 270 Å². The van der Waals surface area contributed by atoms with Crippen molar-refractivity contribution in [3.05, 3.63) is 145 Å². The highest BCUT2D eigenvalue weighted by Crippen LogP contribution is 2.47. The Hall–Kier alpha value is -5.54. The molecule has 7 aromatic rings. The van der Waals surface area contributed by atoms with E-state index in [1.54, 1.807) is 0 Å². The average molecular weight is 548 g/mol. The first-order valence-electron chi connectivity index (χ1n) is 23.4. The molecule has 0 N–H and O–H groups in total. The van der Waals surface area contributed by atoms with Gasteiger partial charge in [0.25, 0.3) is 0 Å². The number of fused-ring (bicyclic) bond motifs is 2. The molecule has 0 amide bonds. The van der Waals surface area contributed by atoms with Crippen molar-refractivity contribution in [3.63, 3.8) is 0 Å². The normalized spacial score (nSPS) is 19.5. The fourth-order valence-corrected chi connectivity index (χ4v) is 4.20. The molecule has 0 fully saturated rings. The van der Waals surface area contributed by atoms with Gasteiger partial charge in [0.05, 0.1) is 42.9 Å². The molecule has 0 spiro atoms. The van der Waals surface area contributed by atoms with Crippen molar-refractivity contribution in [2.45, 2.75) is 0 Å². The number of hydrogen-bond acceptors (Lipinski definition) is 3. The van der Waals surface area contributed by atoms with Gasteiger partial charge in [-0.1, -0.05) is 115 Å². The Bertz CT molecular complexity index is 3260. The van der Waals surface area contributed by atoms with E-state index in [9.17, 15) is 1.37 Å². The number of hydrogen-bond donors (Lipinski definition) is 0.